The summed E-state index contributed by atoms with van der Waals surface area (Å²) >= 11 is 0. The van der Waals surface area contributed by atoms with Gasteiger partial charge in [0, 0.05) is 32.6 Å². The van der Waals surface area contributed by atoms with Gasteiger partial charge in [-0.2, -0.15) is 6.92 Å². The quantitative estimate of drug-likeness (QED) is 0.578. The van der Waals surface area contributed by atoms with Crippen LogP contribution in [0.3, 0.4) is 0 Å². The molecule has 0 amide bonds. The molecule has 0 aliphatic heterocycles. The van der Waals surface area contributed by atoms with E-state index in [1.807, 2.05) is 0 Å². The van der Waals surface area contributed by atoms with Crippen LogP contribution in [0.1, 0.15) is 32.6 Å². The molecule has 74 valence electrons. The second kappa shape index (κ2) is 8.61. The molecule has 1 saturated carbocycles. The van der Waals surface area contributed by atoms with Gasteiger partial charge >= 0.3 is 5.97 Å². The molecule has 0 radical (unpaired) electrons. The topological polar surface area (TPSA) is 54.4 Å². The Bertz CT molecular complexity index is 168. The molecule has 1 aliphatic carbocycles. The monoisotopic (exact) mass is 261 g/mol. The number of ketones is 1. The Morgan fingerprint density at radius 3 is 2.31 bits per heavy atom. The molecule has 0 aromatic carbocycles. The molecule has 4 heteroatoms. The average molecular weight is 262 g/mol. The number of carboxylic acids is 1. The third-order valence-electron chi connectivity index (χ3n) is 1.85. The van der Waals surface area contributed by atoms with Crippen LogP contribution < -0.4 is 0 Å². The number of carbonyl (C=O) groups excluding carboxylic acids is 1. The maximum Gasteiger partial charge on any atom is 0.314 e. The molecule has 1 unspecified atom stereocenters. The van der Waals surface area contributed by atoms with Gasteiger partial charge in [0.05, 0.1) is 0 Å². The Morgan fingerprint density at radius 2 is 2.00 bits per heavy atom. The maximum absolute atomic E-state index is 10.9. The van der Waals surface area contributed by atoms with E-state index in [9.17, 15) is 9.59 Å². The number of aliphatic carboxylic acids is 1. The van der Waals surface area contributed by atoms with Crippen LogP contribution in [-0.4, -0.2) is 16.9 Å². The van der Waals surface area contributed by atoms with Crippen LogP contribution in [0.25, 0.3) is 0 Å². The molecular formula is C9H15O3Zr-. The number of hydrogen-bond donors (Lipinski definition) is 1. The van der Waals surface area contributed by atoms with Gasteiger partial charge < -0.3 is 12.0 Å². The van der Waals surface area contributed by atoms with Crippen molar-refractivity contribution in [3.8, 4) is 0 Å². The number of carbonyl (C=O) groups is 2. The van der Waals surface area contributed by atoms with Crippen molar-refractivity contribution in [2.75, 3.05) is 0 Å². The predicted octanol–water partition coefficient (Wildman–Crippen LogP) is 1.67. The van der Waals surface area contributed by atoms with E-state index >= 15 is 0 Å². The van der Waals surface area contributed by atoms with Gasteiger partial charge in [-0.05, 0) is 12.8 Å². The van der Waals surface area contributed by atoms with E-state index in [2.05, 4.69) is 6.92 Å². The maximum atomic E-state index is 10.9. The summed E-state index contributed by atoms with van der Waals surface area (Å²) in [7, 11) is 0. The summed E-state index contributed by atoms with van der Waals surface area (Å²) in [5, 5.41) is 8.49. The fourth-order valence-electron chi connectivity index (χ4n) is 1.24. The van der Waals surface area contributed by atoms with Crippen molar-refractivity contribution in [2.24, 2.45) is 5.92 Å². The summed E-state index contributed by atoms with van der Waals surface area (Å²) in [6.07, 6.45) is 2.73. The Morgan fingerprint density at radius 1 is 1.46 bits per heavy atom. The van der Waals surface area contributed by atoms with Gasteiger partial charge in [0.1, 0.15) is 11.7 Å². The minimum absolute atomic E-state index is 0. The zero-order chi connectivity index (χ0) is 9.56. The molecule has 1 atom stereocenters. The van der Waals surface area contributed by atoms with Crippen molar-refractivity contribution >= 4 is 11.8 Å². The third-order valence-corrected chi connectivity index (χ3v) is 1.85. The standard InChI is InChI=1S/C7H10O3.C2H5.Zr/c8-6-4-2-1-3-5(6)7(9)10;1-2;/h5H,1-4H2,(H,9,10);1H2,2H3;/q;-1;. The molecule has 1 rings (SSSR count). The van der Waals surface area contributed by atoms with E-state index in [1.54, 1.807) is 6.92 Å². The van der Waals surface area contributed by atoms with Gasteiger partial charge in [0.25, 0.3) is 0 Å². The molecular weight excluding hydrogens is 247 g/mol. The van der Waals surface area contributed by atoms with Crippen LogP contribution in [0.15, 0.2) is 0 Å². The van der Waals surface area contributed by atoms with E-state index in [0.717, 1.165) is 12.8 Å². The molecule has 1 N–H and O–H groups in total. The zero-order valence-corrected chi connectivity index (χ0v) is 10.3. The van der Waals surface area contributed by atoms with Crippen LogP contribution in [0.2, 0.25) is 0 Å². The van der Waals surface area contributed by atoms with Gasteiger partial charge in [-0.25, -0.2) is 0 Å². The normalized spacial score (nSPS) is 20.8. The summed E-state index contributed by atoms with van der Waals surface area (Å²) < 4.78 is 0. The summed E-state index contributed by atoms with van der Waals surface area (Å²) in [4.78, 5) is 21.2. The van der Waals surface area contributed by atoms with Gasteiger partial charge in [0.15, 0.2) is 0 Å². The van der Waals surface area contributed by atoms with Gasteiger partial charge in [-0.15, -0.1) is 0 Å². The smallest absolute Gasteiger partial charge is 0.314 e. The first-order valence-corrected chi connectivity index (χ1v) is 4.18. The minimum atomic E-state index is -0.954. The summed E-state index contributed by atoms with van der Waals surface area (Å²) in [6.45, 7) is 5.00. The molecule has 0 aromatic rings. The van der Waals surface area contributed by atoms with Crippen molar-refractivity contribution in [3.63, 3.8) is 0 Å². The molecule has 0 saturated heterocycles. The Balaban J connectivity index is 0. The van der Waals surface area contributed by atoms with Crippen LogP contribution in [0.5, 0.6) is 0 Å². The number of Topliss-reactive ketones (excluding diaryl/α,β-unsaturated/α-hetero) is 1. The van der Waals surface area contributed by atoms with Crippen LogP contribution in [0.4, 0.5) is 0 Å². The second-order valence-corrected chi connectivity index (χ2v) is 2.60. The first kappa shape index (κ1) is 15.5. The number of hydrogen-bond acceptors (Lipinski definition) is 2. The van der Waals surface area contributed by atoms with Gasteiger partial charge in [-0.1, -0.05) is 6.42 Å². The number of carboxylic acid groups (broad SMARTS) is 1. The Labute approximate surface area is 98.0 Å². The van der Waals surface area contributed by atoms with Crippen molar-refractivity contribution in [1.29, 1.82) is 0 Å². The van der Waals surface area contributed by atoms with E-state index in [4.69, 9.17) is 5.11 Å². The minimum Gasteiger partial charge on any atom is -0.481 e. The SMILES string of the molecule is O=C(O)C1CCCCC1=O.[CH2-]C.[Zr]. The van der Waals surface area contributed by atoms with Crippen LogP contribution >= 0.6 is 0 Å². The van der Waals surface area contributed by atoms with Crippen molar-refractivity contribution in [3.05, 3.63) is 6.92 Å². The fraction of sp³-hybridized carbons (Fsp3) is 0.667. The molecule has 0 bridgehead atoms. The van der Waals surface area contributed by atoms with E-state index in [1.165, 1.54) is 0 Å². The predicted molar refractivity (Wildman–Crippen MR) is 45.6 cm³/mol. The van der Waals surface area contributed by atoms with Crippen molar-refractivity contribution in [1.82, 2.24) is 0 Å². The van der Waals surface area contributed by atoms with Crippen LogP contribution in [0, 0.1) is 12.8 Å². The van der Waals surface area contributed by atoms with E-state index < -0.39 is 11.9 Å². The molecule has 3 nitrogen and oxygen atoms in total. The zero-order valence-electron chi connectivity index (χ0n) is 7.88. The first-order chi connectivity index (χ1) is 5.72. The average Bonchev–Trinajstić information content (AvgIpc) is 2.08. The molecule has 0 heterocycles. The van der Waals surface area contributed by atoms with Gasteiger partial charge in [0.2, 0.25) is 0 Å². The summed E-state index contributed by atoms with van der Waals surface area (Å²) in [5.41, 5.74) is 0. The first-order valence-electron chi connectivity index (χ1n) is 4.18. The van der Waals surface area contributed by atoms with Crippen molar-refractivity contribution in [2.45, 2.75) is 32.6 Å². The van der Waals surface area contributed by atoms with E-state index in [-0.39, 0.29) is 32.0 Å². The molecule has 1 fully saturated rings. The Hall–Kier alpha value is 0.0231. The molecule has 13 heavy (non-hydrogen) atoms. The Kier molecular flexibility index (Phi) is 10.3. The third kappa shape index (κ3) is 5.35. The van der Waals surface area contributed by atoms with E-state index in [0.29, 0.717) is 12.8 Å². The number of rotatable bonds is 1. The molecule has 0 spiro atoms. The summed E-state index contributed by atoms with van der Waals surface area (Å²) in [5.74, 6) is -1.75. The van der Waals surface area contributed by atoms with Gasteiger partial charge in [-0.3, -0.25) is 9.59 Å². The molecule has 1 aliphatic rings. The van der Waals surface area contributed by atoms with Crippen LogP contribution in [-0.2, 0) is 35.8 Å². The molecule has 0 aromatic heterocycles. The largest absolute Gasteiger partial charge is 0.481 e. The van der Waals surface area contributed by atoms with Crippen molar-refractivity contribution < 1.29 is 40.9 Å². The second-order valence-electron chi connectivity index (χ2n) is 2.60. The summed E-state index contributed by atoms with van der Waals surface area (Å²) in [6, 6.07) is 0. The fourth-order valence-corrected chi connectivity index (χ4v) is 1.24.